The predicted octanol–water partition coefficient (Wildman–Crippen LogP) is 3.97. The maximum Gasteiger partial charge on any atom is 0.191 e. The van der Waals surface area contributed by atoms with E-state index in [-0.39, 0.29) is 29.8 Å². The van der Waals surface area contributed by atoms with Gasteiger partial charge in [-0.25, -0.2) is 4.39 Å². The lowest BCUT2D eigenvalue weighted by Crippen LogP contribution is -2.38. The number of aryl methyl sites for hydroxylation is 2. The molecule has 0 atom stereocenters. The molecule has 1 aliphatic rings. The van der Waals surface area contributed by atoms with E-state index in [2.05, 4.69) is 37.3 Å². The van der Waals surface area contributed by atoms with Gasteiger partial charge < -0.3 is 20.2 Å². The molecule has 0 saturated carbocycles. The number of nitrogens with one attached hydrogen (secondary N) is 3. The number of halogens is 2. The van der Waals surface area contributed by atoms with Crippen molar-refractivity contribution < 1.29 is 4.39 Å². The van der Waals surface area contributed by atoms with Gasteiger partial charge in [0.05, 0.1) is 0 Å². The van der Waals surface area contributed by atoms with Gasteiger partial charge in [0.15, 0.2) is 5.96 Å². The summed E-state index contributed by atoms with van der Waals surface area (Å²) in [5, 5.41) is 16.4. The lowest BCUT2D eigenvalue weighted by Gasteiger charge is -2.11. The highest BCUT2D eigenvalue weighted by Gasteiger charge is 2.14. The molecule has 0 radical (unpaired) electrons. The number of H-pyrrole nitrogens is 1. The average Bonchev–Trinajstić information content (AvgIpc) is 3.26. The Morgan fingerprint density at radius 2 is 2.09 bits per heavy atom. The molecule has 3 heterocycles. The first-order chi connectivity index (χ1) is 15.2. The van der Waals surface area contributed by atoms with Crippen LogP contribution in [0.4, 0.5) is 4.39 Å². The Hall–Kier alpha value is -2.17. The van der Waals surface area contributed by atoms with Crippen molar-refractivity contribution in [1.29, 1.82) is 0 Å². The standard InChI is InChI=1S/C23H32FN7.HI/c1-2-25-23(27-13-11-17-16-28-20-10-9-18(24)15-19(17)20)26-12-6-8-22-30-29-21-7-4-3-5-14-31(21)22;/h9-10,15-16,28H,2-8,11-14H2,1H3,(H2,25,26,27);1H. The normalized spacial score (nSPS) is 14.0. The van der Waals surface area contributed by atoms with Gasteiger partial charge in [0.2, 0.25) is 0 Å². The van der Waals surface area contributed by atoms with Crippen LogP contribution in [-0.4, -0.2) is 45.3 Å². The number of rotatable bonds is 8. The molecule has 0 bridgehead atoms. The Balaban J connectivity index is 0.00000289. The summed E-state index contributed by atoms with van der Waals surface area (Å²) < 4.78 is 15.9. The third-order valence-electron chi connectivity index (χ3n) is 5.77. The van der Waals surface area contributed by atoms with Crippen molar-refractivity contribution in [3.63, 3.8) is 0 Å². The second-order valence-electron chi connectivity index (χ2n) is 8.04. The fourth-order valence-electron chi connectivity index (χ4n) is 4.17. The van der Waals surface area contributed by atoms with Crippen LogP contribution < -0.4 is 10.6 Å². The Morgan fingerprint density at radius 3 is 2.97 bits per heavy atom. The number of fused-ring (bicyclic) bond motifs is 2. The summed E-state index contributed by atoms with van der Waals surface area (Å²) in [7, 11) is 0. The fraction of sp³-hybridized carbons (Fsp3) is 0.522. The number of aliphatic imine (C=N–C) groups is 1. The minimum atomic E-state index is -0.208. The van der Waals surface area contributed by atoms with Crippen LogP contribution in [0.5, 0.6) is 0 Å². The maximum absolute atomic E-state index is 13.6. The van der Waals surface area contributed by atoms with E-state index in [9.17, 15) is 4.39 Å². The summed E-state index contributed by atoms with van der Waals surface area (Å²) >= 11 is 0. The smallest absolute Gasteiger partial charge is 0.191 e. The quantitative estimate of drug-likeness (QED) is 0.171. The number of aromatic nitrogens is 4. The summed E-state index contributed by atoms with van der Waals surface area (Å²) in [6, 6.07) is 4.85. The summed E-state index contributed by atoms with van der Waals surface area (Å²) in [6.45, 7) is 5.37. The van der Waals surface area contributed by atoms with Crippen molar-refractivity contribution in [3.05, 3.63) is 47.4 Å². The van der Waals surface area contributed by atoms with Crippen LogP contribution in [-0.2, 0) is 25.8 Å². The van der Waals surface area contributed by atoms with E-state index in [4.69, 9.17) is 4.99 Å². The second kappa shape index (κ2) is 12.2. The molecule has 3 aromatic rings. The Labute approximate surface area is 205 Å². The van der Waals surface area contributed by atoms with E-state index >= 15 is 0 Å². The molecule has 0 aliphatic carbocycles. The molecule has 3 N–H and O–H groups in total. The van der Waals surface area contributed by atoms with Crippen molar-refractivity contribution in [2.75, 3.05) is 19.6 Å². The number of hydrogen-bond donors (Lipinski definition) is 3. The molecule has 1 aliphatic heterocycles. The number of nitrogens with zero attached hydrogens (tertiary/aromatic N) is 4. The molecule has 32 heavy (non-hydrogen) atoms. The Kier molecular flexibility index (Phi) is 9.31. The van der Waals surface area contributed by atoms with E-state index in [1.54, 1.807) is 12.1 Å². The third kappa shape index (κ3) is 6.20. The van der Waals surface area contributed by atoms with Crippen LogP contribution in [0.2, 0.25) is 0 Å². The molecule has 0 fully saturated rings. The van der Waals surface area contributed by atoms with Crippen molar-refractivity contribution in [3.8, 4) is 0 Å². The first kappa shape index (κ1) is 24.5. The van der Waals surface area contributed by atoms with E-state index in [0.29, 0.717) is 0 Å². The Morgan fingerprint density at radius 1 is 1.19 bits per heavy atom. The van der Waals surface area contributed by atoms with Gasteiger partial charge in [-0.3, -0.25) is 4.99 Å². The van der Waals surface area contributed by atoms with E-state index < -0.39 is 0 Å². The fourth-order valence-corrected chi connectivity index (χ4v) is 4.17. The van der Waals surface area contributed by atoms with Gasteiger partial charge in [-0.15, -0.1) is 34.2 Å². The molecule has 0 spiro atoms. The van der Waals surface area contributed by atoms with Crippen molar-refractivity contribution >= 4 is 40.8 Å². The number of guanidine groups is 1. The maximum atomic E-state index is 13.6. The van der Waals surface area contributed by atoms with Crippen LogP contribution >= 0.6 is 24.0 Å². The van der Waals surface area contributed by atoms with E-state index in [1.807, 2.05) is 6.20 Å². The van der Waals surface area contributed by atoms with Crippen molar-refractivity contribution in [2.45, 2.75) is 58.4 Å². The molecule has 9 heteroatoms. The van der Waals surface area contributed by atoms with Crippen molar-refractivity contribution in [1.82, 2.24) is 30.4 Å². The largest absolute Gasteiger partial charge is 0.361 e. The highest BCUT2D eigenvalue weighted by molar-refractivity contribution is 14.0. The first-order valence-corrected chi connectivity index (χ1v) is 11.4. The van der Waals surface area contributed by atoms with E-state index in [1.165, 1.54) is 25.3 Å². The molecule has 2 aromatic heterocycles. The lowest BCUT2D eigenvalue weighted by atomic mass is 10.1. The number of benzene rings is 1. The zero-order valence-corrected chi connectivity index (χ0v) is 21.0. The molecule has 174 valence electrons. The molecule has 0 saturated heterocycles. The van der Waals surface area contributed by atoms with E-state index in [0.717, 1.165) is 85.9 Å². The first-order valence-electron chi connectivity index (χ1n) is 11.4. The van der Waals surface area contributed by atoms with Gasteiger partial charge in [-0.1, -0.05) is 6.42 Å². The minimum Gasteiger partial charge on any atom is -0.361 e. The van der Waals surface area contributed by atoms with Gasteiger partial charge in [0.25, 0.3) is 0 Å². The summed E-state index contributed by atoms with van der Waals surface area (Å²) in [5.41, 5.74) is 2.06. The van der Waals surface area contributed by atoms with Gasteiger partial charge in [-0.05, 0) is 56.4 Å². The zero-order chi connectivity index (χ0) is 21.5. The molecule has 7 nitrogen and oxygen atoms in total. The SMILES string of the molecule is CCNC(=NCCCc1nnc2n1CCCCC2)NCCc1c[nH]c2ccc(F)cc12.I. The molecule has 0 amide bonds. The number of aromatic amines is 1. The van der Waals surface area contributed by atoms with Gasteiger partial charge >= 0.3 is 0 Å². The summed E-state index contributed by atoms with van der Waals surface area (Å²) in [6.07, 6.45) is 9.34. The molecular formula is C23H33FIN7. The van der Waals surface area contributed by atoms with Gasteiger partial charge in [0.1, 0.15) is 17.5 Å². The third-order valence-corrected chi connectivity index (χ3v) is 5.77. The average molecular weight is 553 g/mol. The zero-order valence-electron chi connectivity index (χ0n) is 18.7. The second-order valence-corrected chi connectivity index (χ2v) is 8.04. The molecular weight excluding hydrogens is 520 g/mol. The van der Waals surface area contributed by atoms with Gasteiger partial charge in [-0.2, -0.15) is 0 Å². The molecule has 0 unspecified atom stereocenters. The topological polar surface area (TPSA) is 82.9 Å². The lowest BCUT2D eigenvalue weighted by molar-refractivity contribution is 0.597. The van der Waals surface area contributed by atoms with Crippen LogP contribution in [0.15, 0.2) is 29.4 Å². The van der Waals surface area contributed by atoms with Crippen LogP contribution in [0, 0.1) is 5.82 Å². The molecule has 1 aromatic carbocycles. The monoisotopic (exact) mass is 553 g/mol. The summed E-state index contributed by atoms with van der Waals surface area (Å²) in [5.74, 6) is 2.84. The molecule has 4 rings (SSSR count). The number of hydrogen-bond acceptors (Lipinski definition) is 3. The van der Waals surface area contributed by atoms with Crippen molar-refractivity contribution in [2.24, 2.45) is 4.99 Å². The minimum absolute atomic E-state index is 0. The highest BCUT2D eigenvalue weighted by Crippen LogP contribution is 2.19. The van der Waals surface area contributed by atoms with Gasteiger partial charge in [0, 0.05) is 56.1 Å². The Bertz CT molecular complexity index is 1030. The highest BCUT2D eigenvalue weighted by atomic mass is 127. The predicted molar refractivity (Wildman–Crippen MR) is 137 cm³/mol. The summed E-state index contributed by atoms with van der Waals surface area (Å²) in [4.78, 5) is 7.91. The van der Waals surface area contributed by atoms with Crippen LogP contribution in [0.3, 0.4) is 0 Å². The van der Waals surface area contributed by atoms with Crippen LogP contribution in [0.1, 0.15) is 49.8 Å². The van der Waals surface area contributed by atoms with Crippen LogP contribution in [0.25, 0.3) is 10.9 Å².